The molecule has 0 fully saturated rings. The number of benzene rings is 2. The van der Waals surface area contributed by atoms with Gasteiger partial charge in [-0.15, -0.1) is 10.2 Å². The highest BCUT2D eigenvalue weighted by molar-refractivity contribution is 5.89. The fourth-order valence-electron chi connectivity index (χ4n) is 2.15. The van der Waals surface area contributed by atoms with Crippen LogP contribution in [0.2, 0.25) is 0 Å². The smallest absolute Gasteiger partial charge is 0.308 e. The topological polar surface area (TPSA) is 68.0 Å². The van der Waals surface area contributed by atoms with Gasteiger partial charge < -0.3 is 9.73 Å². The van der Waals surface area contributed by atoms with Gasteiger partial charge in [-0.25, -0.2) is 8.78 Å². The normalized spacial score (nSPS) is 10.6. The third-order valence-electron chi connectivity index (χ3n) is 3.36. The number of aromatic nitrogens is 2. The molecule has 0 spiro atoms. The van der Waals surface area contributed by atoms with E-state index in [0.29, 0.717) is 12.0 Å². The second kappa shape index (κ2) is 6.99. The van der Waals surface area contributed by atoms with Crippen molar-refractivity contribution in [3.8, 4) is 11.5 Å². The molecule has 2 aromatic carbocycles. The van der Waals surface area contributed by atoms with Crippen molar-refractivity contribution in [1.82, 2.24) is 15.5 Å². The zero-order valence-corrected chi connectivity index (χ0v) is 12.5. The van der Waals surface area contributed by atoms with Crippen LogP contribution in [-0.2, 0) is 6.42 Å². The summed E-state index contributed by atoms with van der Waals surface area (Å²) in [6.45, 7) is 0.206. The van der Waals surface area contributed by atoms with Crippen LogP contribution >= 0.6 is 0 Å². The van der Waals surface area contributed by atoms with E-state index in [1.54, 1.807) is 24.3 Å². The summed E-state index contributed by atoms with van der Waals surface area (Å²) in [5.74, 6) is -1.80. The van der Waals surface area contributed by atoms with Gasteiger partial charge in [0.05, 0.1) is 5.56 Å². The Morgan fingerprint density at radius 2 is 1.71 bits per heavy atom. The van der Waals surface area contributed by atoms with Gasteiger partial charge in [-0.05, 0) is 30.2 Å². The minimum Gasteiger partial charge on any atom is -0.412 e. The Morgan fingerprint density at radius 1 is 1.00 bits per heavy atom. The first-order valence-electron chi connectivity index (χ1n) is 7.25. The highest BCUT2D eigenvalue weighted by Gasteiger charge is 2.17. The molecule has 0 atom stereocenters. The molecule has 24 heavy (non-hydrogen) atoms. The van der Waals surface area contributed by atoms with Gasteiger partial charge in [0, 0.05) is 6.54 Å². The molecular weight excluding hydrogens is 316 g/mol. The van der Waals surface area contributed by atoms with Crippen LogP contribution in [0.25, 0.3) is 11.5 Å². The second-order valence-electron chi connectivity index (χ2n) is 4.99. The van der Waals surface area contributed by atoms with Crippen LogP contribution in [0.3, 0.4) is 0 Å². The number of hydrogen-bond acceptors (Lipinski definition) is 4. The quantitative estimate of drug-likeness (QED) is 0.781. The Bertz CT molecular complexity index is 864. The number of carbonyl (C=O) groups is 1. The fraction of sp³-hybridized carbons (Fsp3) is 0.118. The van der Waals surface area contributed by atoms with Crippen LogP contribution < -0.4 is 5.32 Å². The Morgan fingerprint density at radius 3 is 2.46 bits per heavy atom. The largest absolute Gasteiger partial charge is 0.412 e. The number of halogens is 2. The summed E-state index contributed by atoms with van der Waals surface area (Å²) in [5.41, 5.74) is 0.616. The molecule has 7 heteroatoms. The number of hydrogen-bond donors (Lipinski definition) is 1. The van der Waals surface area contributed by atoms with Crippen molar-refractivity contribution in [3.05, 3.63) is 71.6 Å². The van der Waals surface area contributed by atoms with Crippen molar-refractivity contribution < 1.29 is 18.0 Å². The lowest BCUT2D eigenvalue weighted by Crippen LogP contribution is -2.26. The van der Waals surface area contributed by atoms with Gasteiger partial charge in [-0.2, -0.15) is 0 Å². The Kier molecular flexibility index (Phi) is 4.60. The van der Waals surface area contributed by atoms with Crippen molar-refractivity contribution in [1.29, 1.82) is 0 Å². The Balaban J connectivity index is 1.62. The first-order valence-corrected chi connectivity index (χ1v) is 7.25. The van der Waals surface area contributed by atoms with Crippen LogP contribution in [-0.4, -0.2) is 22.6 Å². The van der Waals surface area contributed by atoms with Gasteiger partial charge in [0.2, 0.25) is 0 Å². The van der Waals surface area contributed by atoms with Crippen LogP contribution in [0, 0.1) is 11.6 Å². The molecule has 1 N–H and O–H groups in total. The molecule has 0 aliphatic carbocycles. The number of carbonyl (C=O) groups excluding carboxylic acids is 1. The standard InChI is InChI=1S/C17H13F2N3O2/c18-13-7-3-1-5-11(13)9-10-20-15(23)17-22-21-16(24-17)12-6-2-4-8-14(12)19/h1-8H,9-10H2,(H,20,23). The molecule has 3 aromatic rings. The van der Waals surface area contributed by atoms with Crippen LogP contribution in [0.1, 0.15) is 16.2 Å². The molecule has 0 bridgehead atoms. The lowest BCUT2D eigenvalue weighted by Gasteiger charge is -2.03. The number of nitrogens with zero attached hydrogens (tertiary/aromatic N) is 2. The summed E-state index contributed by atoms with van der Waals surface area (Å²) >= 11 is 0. The SMILES string of the molecule is O=C(NCCc1ccccc1F)c1nnc(-c2ccccc2F)o1. The molecular formula is C17H13F2N3O2. The summed E-state index contributed by atoms with van der Waals surface area (Å²) in [5, 5.41) is 9.84. The van der Waals surface area contributed by atoms with Gasteiger partial charge in [-0.3, -0.25) is 4.79 Å². The summed E-state index contributed by atoms with van der Waals surface area (Å²) in [4.78, 5) is 12.0. The van der Waals surface area contributed by atoms with E-state index in [2.05, 4.69) is 15.5 Å². The summed E-state index contributed by atoms with van der Waals surface area (Å²) < 4.78 is 32.3. The van der Waals surface area contributed by atoms with Gasteiger partial charge >= 0.3 is 11.8 Å². The predicted molar refractivity (Wildman–Crippen MR) is 82.1 cm³/mol. The zero-order chi connectivity index (χ0) is 16.9. The summed E-state index contributed by atoms with van der Waals surface area (Å²) in [6.07, 6.45) is 0.326. The highest BCUT2D eigenvalue weighted by Crippen LogP contribution is 2.20. The number of nitrogens with one attached hydrogen (secondary N) is 1. The number of rotatable bonds is 5. The minimum atomic E-state index is -0.596. The lowest BCUT2D eigenvalue weighted by molar-refractivity contribution is 0.0920. The average Bonchev–Trinajstić information content (AvgIpc) is 3.07. The second-order valence-corrected chi connectivity index (χ2v) is 4.99. The molecule has 0 aliphatic rings. The first-order chi connectivity index (χ1) is 11.6. The summed E-state index contributed by atoms with van der Waals surface area (Å²) in [7, 11) is 0. The molecule has 5 nitrogen and oxygen atoms in total. The van der Waals surface area contributed by atoms with Crippen molar-refractivity contribution in [2.24, 2.45) is 0 Å². The van der Waals surface area contributed by atoms with Crippen molar-refractivity contribution in [2.45, 2.75) is 6.42 Å². The van der Waals surface area contributed by atoms with E-state index in [1.807, 2.05) is 0 Å². The van der Waals surface area contributed by atoms with Crippen molar-refractivity contribution >= 4 is 5.91 Å². The van der Waals surface area contributed by atoms with E-state index >= 15 is 0 Å². The van der Waals surface area contributed by atoms with E-state index in [-0.39, 0.29) is 29.7 Å². The monoisotopic (exact) mass is 329 g/mol. The Hall–Kier alpha value is -3.09. The summed E-state index contributed by atoms with van der Waals surface area (Å²) in [6, 6.07) is 12.2. The Labute approximate surface area is 136 Å². The van der Waals surface area contributed by atoms with Crippen LogP contribution in [0.15, 0.2) is 52.9 Å². The van der Waals surface area contributed by atoms with Crippen LogP contribution in [0.5, 0.6) is 0 Å². The van der Waals surface area contributed by atoms with Crippen LogP contribution in [0.4, 0.5) is 8.78 Å². The van der Waals surface area contributed by atoms with E-state index in [9.17, 15) is 13.6 Å². The predicted octanol–water partition coefficient (Wildman–Crippen LogP) is 2.99. The molecule has 0 unspecified atom stereocenters. The van der Waals surface area contributed by atoms with Gasteiger partial charge in [0.15, 0.2) is 0 Å². The lowest BCUT2D eigenvalue weighted by atomic mass is 10.1. The third-order valence-corrected chi connectivity index (χ3v) is 3.36. The molecule has 3 rings (SSSR count). The maximum atomic E-state index is 13.7. The molecule has 0 saturated carbocycles. The maximum absolute atomic E-state index is 13.7. The maximum Gasteiger partial charge on any atom is 0.308 e. The molecule has 0 saturated heterocycles. The van der Waals surface area contributed by atoms with E-state index in [1.165, 1.54) is 24.3 Å². The fourth-order valence-corrected chi connectivity index (χ4v) is 2.15. The minimum absolute atomic E-state index is 0.0765. The molecule has 0 radical (unpaired) electrons. The first kappa shape index (κ1) is 15.8. The van der Waals surface area contributed by atoms with Gasteiger partial charge in [0.25, 0.3) is 5.89 Å². The van der Waals surface area contributed by atoms with E-state index in [0.717, 1.165) is 0 Å². The molecule has 1 aromatic heterocycles. The average molecular weight is 329 g/mol. The molecule has 1 amide bonds. The zero-order valence-electron chi connectivity index (χ0n) is 12.5. The molecule has 1 heterocycles. The highest BCUT2D eigenvalue weighted by atomic mass is 19.1. The van der Waals surface area contributed by atoms with E-state index < -0.39 is 11.7 Å². The van der Waals surface area contributed by atoms with Gasteiger partial charge in [-0.1, -0.05) is 30.3 Å². The van der Waals surface area contributed by atoms with Crippen molar-refractivity contribution in [2.75, 3.05) is 6.54 Å². The third kappa shape index (κ3) is 3.45. The molecule has 0 aliphatic heterocycles. The molecule has 122 valence electrons. The van der Waals surface area contributed by atoms with E-state index in [4.69, 9.17) is 4.42 Å². The van der Waals surface area contributed by atoms with Crippen molar-refractivity contribution in [3.63, 3.8) is 0 Å². The number of amides is 1. The van der Waals surface area contributed by atoms with Gasteiger partial charge in [0.1, 0.15) is 11.6 Å².